The molecule has 0 saturated heterocycles. The summed E-state index contributed by atoms with van der Waals surface area (Å²) in [5.41, 5.74) is 2.37. The third kappa shape index (κ3) is 5.45. The highest BCUT2D eigenvalue weighted by molar-refractivity contribution is 7.10. The molecule has 172 valence electrons. The first-order valence-electron chi connectivity index (χ1n) is 11.4. The van der Waals surface area contributed by atoms with Crippen LogP contribution in [0.15, 0.2) is 66.0 Å². The van der Waals surface area contributed by atoms with Gasteiger partial charge in [0.1, 0.15) is 11.8 Å². The van der Waals surface area contributed by atoms with Crippen molar-refractivity contribution in [2.24, 2.45) is 0 Å². The van der Waals surface area contributed by atoms with Crippen LogP contribution in [-0.4, -0.2) is 25.0 Å². The number of amides is 2. The minimum absolute atomic E-state index is 0.142. The summed E-state index contributed by atoms with van der Waals surface area (Å²) in [7, 11) is 1.59. The van der Waals surface area contributed by atoms with Crippen molar-refractivity contribution in [1.82, 2.24) is 5.32 Å². The summed E-state index contributed by atoms with van der Waals surface area (Å²) < 4.78 is 5.64. The highest BCUT2D eigenvalue weighted by atomic mass is 32.1. The van der Waals surface area contributed by atoms with Crippen molar-refractivity contribution >= 4 is 28.8 Å². The van der Waals surface area contributed by atoms with E-state index in [4.69, 9.17) is 4.74 Å². The molecule has 6 heteroatoms. The molecule has 1 aliphatic rings. The molecule has 1 saturated carbocycles. The zero-order chi connectivity index (χ0) is 23.2. The third-order valence-electron chi connectivity index (χ3n) is 6.09. The Bertz CT molecular complexity index is 1080. The van der Waals surface area contributed by atoms with Crippen molar-refractivity contribution in [2.45, 2.75) is 51.1 Å². The predicted octanol–water partition coefficient (Wildman–Crippen LogP) is 5.44. The van der Waals surface area contributed by atoms with E-state index >= 15 is 0 Å². The molecular weight excluding hydrogens is 432 g/mol. The molecule has 33 heavy (non-hydrogen) atoms. The van der Waals surface area contributed by atoms with Crippen LogP contribution in [-0.2, 0) is 16.0 Å². The Morgan fingerprint density at radius 2 is 1.85 bits per heavy atom. The predicted molar refractivity (Wildman–Crippen MR) is 133 cm³/mol. The summed E-state index contributed by atoms with van der Waals surface area (Å²) in [6.07, 6.45) is 4.41. The summed E-state index contributed by atoms with van der Waals surface area (Å²) in [5.74, 6) is 0.266. The fourth-order valence-corrected chi connectivity index (χ4v) is 5.15. The Morgan fingerprint density at radius 1 is 1.09 bits per heavy atom. The molecule has 0 bridgehead atoms. The maximum Gasteiger partial charge on any atom is 0.248 e. The first kappa shape index (κ1) is 23.1. The molecule has 2 amide bonds. The van der Waals surface area contributed by atoms with E-state index in [0.717, 1.165) is 41.7 Å². The number of hydrogen-bond acceptors (Lipinski definition) is 4. The molecule has 1 aromatic heterocycles. The normalized spacial score (nSPS) is 14.6. The number of nitrogens with one attached hydrogen (secondary N) is 1. The van der Waals surface area contributed by atoms with Gasteiger partial charge in [-0.2, -0.15) is 0 Å². The van der Waals surface area contributed by atoms with E-state index in [1.165, 1.54) is 11.3 Å². The van der Waals surface area contributed by atoms with Gasteiger partial charge in [-0.05, 0) is 54.5 Å². The molecule has 2 aromatic carbocycles. The lowest BCUT2D eigenvalue weighted by atomic mass is 10.0. The Kier molecular flexibility index (Phi) is 7.45. The van der Waals surface area contributed by atoms with Crippen molar-refractivity contribution in [3.63, 3.8) is 0 Å². The van der Waals surface area contributed by atoms with Gasteiger partial charge in [0.15, 0.2) is 0 Å². The fraction of sp³-hybridized carbons (Fsp3) is 0.333. The number of benzene rings is 2. The van der Waals surface area contributed by atoms with Crippen LogP contribution in [0.5, 0.6) is 5.75 Å². The Balaban J connectivity index is 1.80. The minimum atomic E-state index is -0.796. The van der Waals surface area contributed by atoms with E-state index in [0.29, 0.717) is 11.4 Å². The molecule has 1 atom stereocenters. The second-order valence-electron chi connectivity index (χ2n) is 8.50. The molecule has 1 fully saturated rings. The van der Waals surface area contributed by atoms with E-state index in [9.17, 15) is 9.59 Å². The molecule has 0 spiro atoms. The topological polar surface area (TPSA) is 58.6 Å². The Morgan fingerprint density at radius 3 is 2.52 bits per heavy atom. The highest BCUT2D eigenvalue weighted by Gasteiger charge is 2.35. The lowest BCUT2D eigenvalue weighted by Gasteiger charge is -2.33. The molecule has 1 aliphatic carbocycles. The molecule has 4 rings (SSSR count). The molecule has 1 unspecified atom stereocenters. The first-order valence-corrected chi connectivity index (χ1v) is 12.3. The third-order valence-corrected chi connectivity index (χ3v) is 6.97. The lowest BCUT2D eigenvalue weighted by Crippen LogP contribution is -2.47. The van der Waals surface area contributed by atoms with Crippen LogP contribution in [0, 0.1) is 6.92 Å². The van der Waals surface area contributed by atoms with Gasteiger partial charge in [-0.3, -0.25) is 14.5 Å². The van der Waals surface area contributed by atoms with Gasteiger partial charge < -0.3 is 10.1 Å². The van der Waals surface area contributed by atoms with E-state index in [2.05, 4.69) is 5.32 Å². The van der Waals surface area contributed by atoms with Gasteiger partial charge in [0.2, 0.25) is 11.8 Å². The number of thiophene rings is 1. The average molecular weight is 463 g/mol. The van der Waals surface area contributed by atoms with Gasteiger partial charge in [0.25, 0.3) is 0 Å². The molecule has 1 heterocycles. The number of carbonyl (C=O) groups excluding carboxylic acids is 2. The number of nitrogens with zero attached hydrogens (tertiary/aromatic N) is 1. The van der Waals surface area contributed by atoms with Crippen molar-refractivity contribution in [2.75, 3.05) is 12.0 Å². The number of rotatable bonds is 8. The molecule has 3 aromatic rings. The zero-order valence-corrected chi connectivity index (χ0v) is 19.9. The van der Waals surface area contributed by atoms with Crippen LogP contribution in [0.1, 0.15) is 47.7 Å². The van der Waals surface area contributed by atoms with E-state index in [1.54, 1.807) is 12.0 Å². The van der Waals surface area contributed by atoms with E-state index in [1.807, 2.05) is 73.0 Å². The van der Waals surface area contributed by atoms with Gasteiger partial charge >= 0.3 is 0 Å². The maximum absolute atomic E-state index is 13.8. The van der Waals surface area contributed by atoms with E-state index < -0.39 is 6.04 Å². The first-order chi connectivity index (χ1) is 16.1. The number of anilines is 1. The Labute approximate surface area is 199 Å². The quantitative estimate of drug-likeness (QED) is 0.485. The van der Waals surface area contributed by atoms with Crippen molar-refractivity contribution in [1.29, 1.82) is 0 Å². The van der Waals surface area contributed by atoms with Crippen molar-refractivity contribution < 1.29 is 14.3 Å². The summed E-state index contributed by atoms with van der Waals surface area (Å²) in [5, 5.41) is 5.18. The largest absolute Gasteiger partial charge is 0.495 e. The highest BCUT2D eigenvalue weighted by Crippen LogP contribution is 2.37. The van der Waals surface area contributed by atoms with Crippen molar-refractivity contribution in [3.8, 4) is 5.75 Å². The summed E-state index contributed by atoms with van der Waals surface area (Å²) in [6.45, 7) is 1.97. The van der Waals surface area contributed by atoms with E-state index in [-0.39, 0.29) is 24.3 Å². The van der Waals surface area contributed by atoms with Gasteiger partial charge in [0.05, 0.1) is 19.2 Å². The Hall–Kier alpha value is -3.12. The smallest absolute Gasteiger partial charge is 0.248 e. The van der Waals surface area contributed by atoms with Crippen LogP contribution in [0.2, 0.25) is 0 Å². The van der Waals surface area contributed by atoms with Crippen molar-refractivity contribution in [3.05, 3.63) is 82.0 Å². The number of hydrogen-bond donors (Lipinski definition) is 1. The summed E-state index contributed by atoms with van der Waals surface area (Å²) >= 11 is 1.54. The SMILES string of the molecule is COc1ccc(C)cc1N(C(=O)Cc1cccs1)C(C(=O)NC1CCCC1)c1ccccc1. The van der Waals surface area contributed by atoms with Crippen LogP contribution < -0.4 is 15.0 Å². The number of ether oxygens (including phenoxy) is 1. The molecule has 1 N–H and O–H groups in total. The fourth-order valence-electron chi connectivity index (χ4n) is 4.46. The summed E-state index contributed by atoms with van der Waals surface area (Å²) in [4.78, 5) is 30.2. The second-order valence-corrected chi connectivity index (χ2v) is 9.53. The van der Waals surface area contributed by atoms with Crippen LogP contribution in [0.3, 0.4) is 0 Å². The van der Waals surface area contributed by atoms with Gasteiger partial charge in [-0.25, -0.2) is 0 Å². The average Bonchev–Trinajstić information content (AvgIpc) is 3.52. The maximum atomic E-state index is 13.8. The molecule has 5 nitrogen and oxygen atoms in total. The van der Waals surface area contributed by atoms with Gasteiger partial charge in [-0.15, -0.1) is 11.3 Å². The van der Waals surface area contributed by atoms with Gasteiger partial charge in [0, 0.05) is 10.9 Å². The standard InChI is InChI=1S/C27H30N2O3S/c1-19-14-15-24(32-2)23(17-19)29(25(30)18-22-13-8-16-33-22)26(20-9-4-3-5-10-20)27(31)28-21-11-6-7-12-21/h3-5,8-10,13-17,21,26H,6-7,11-12,18H2,1-2H3,(H,28,31). The number of aryl methyl sites for hydroxylation is 1. The van der Waals surface area contributed by atoms with Crippen LogP contribution in [0.4, 0.5) is 5.69 Å². The van der Waals surface area contributed by atoms with Crippen LogP contribution >= 0.6 is 11.3 Å². The number of carbonyl (C=O) groups is 2. The summed E-state index contributed by atoms with van der Waals surface area (Å²) in [6, 6.07) is 18.5. The minimum Gasteiger partial charge on any atom is -0.495 e. The number of methoxy groups -OCH3 is 1. The van der Waals surface area contributed by atoms with Gasteiger partial charge in [-0.1, -0.05) is 55.3 Å². The molecule has 0 aliphatic heterocycles. The molecule has 0 radical (unpaired) electrons. The second kappa shape index (κ2) is 10.7. The zero-order valence-electron chi connectivity index (χ0n) is 19.1. The van der Waals surface area contributed by atoms with Crippen LogP contribution in [0.25, 0.3) is 0 Å². The monoisotopic (exact) mass is 462 g/mol. The lowest BCUT2D eigenvalue weighted by molar-refractivity contribution is -0.127. The molecular formula is C27H30N2O3S.